The van der Waals surface area contributed by atoms with Crippen LogP contribution in [0.1, 0.15) is 22.8 Å². The molecule has 0 heterocycles. The lowest BCUT2D eigenvalue weighted by Crippen LogP contribution is -2.12. The Morgan fingerprint density at radius 2 is 1.79 bits per heavy atom. The summed E-state index contributed by atoms with van der Waals surface area (Å²) in [6, 6.07) is 21.6. The van der Waals surface area contributed by atoms with E-state index in [2.05, 4.69) is 5.32 Å². The summed E-state index contributed by atoms with van der Waals surface area (Å²) in [6.45, 7) is 0. The Hall–Kier alpha value is -3.08. The highest BCUT2D eigenvalue weighted by molar-refractivity contribution is 6.30. The highest BCUT2D eigenvalue weighted by Gasteiger charge is 2.16. The van der Waals surface area contributed by atoms with Crippen molar-refractivity contribution in [3.63, 3.8) is 0 Å². The van der Waals surface area contributed by atoms with Gasteiger partial charge in [0.05, 0.1) is 7.11 Å². The van der Waals surface area contributed by atoms with Crippen LogP contribution in [-0.4, -0.2) is 18.1 Å². The van der Waals surface area contributed by atoms with Crippen LogP contribution < -0.4 is 10.1 Å². The number of hydrogen-bond acceptors (Lipinski definition) is 3. The van der Waals surface area contributed by atoms with Gasteiger partial charge in [0.2, 0.25) is 5.91 Å². The molecule has 3 aromatic rings. The number of hydrogen-bond donors (Lipinski definition) is 2. The Kier molecular flexibility index (Phi) is 6.48. The van der Waals surface area contributed by atoms with Crippen molar-refractivity contribution < 1.29 is 14.6 Å². The molecule has 142 valence electrons. The zero-order chi connectivity index (χ0) is 19.9. The minimum atomic E-state index is -0.902. The molecule has 1 amide bonds. The standard InChI is InChI=1S/C23H20ClNO3/c1-28-19-11-7-16(8-12-19)9-14-22(26)25-21-13-10-18(24)15-20(21)23(27)17-5-3-2-4-6-17/h2-15,23,27H,1H3,(H,25,26)/b14-9+/t23-/m0/s1. The third-order valence-electron chi connectivity index (χ3n) is 4.22. The summed E-state index contributed by atoms with van der Waals surface area (Å²) in [6.07, 6.45) is 2.24. The average Bonchev–Trinajstić information content (AvgIpc) is 2.74. The number of halogens is 1. The first kappa shape index (κ1) is 19.7. The molecule has 0 spiro atoms. The maximum atomic E-state index is 12.4. The number of amides is 1. The van der Waals surface area contributed by atoms with Gasteiger partial charge in [-0.05, 0) is 47.5 Å². The van der Waals surface area contributed by atoms with E-state index in [4.69, 9.17) is 16.3 Å². The predicted octanol–water partition coefficient (Wildman–Crippen LogP) is 5.08. The maximum Gasteiger partial charge on any atom is 0.248 e. The lowest BCUT2D eigenvalue weighted by Gasteiger charge is -2.16. The smallest absolute Gasteiger partial charge is 0.248 e. The number of carbonyl (C=O) groups excluding carboxylic acids is 1. The lowest BCUT2D eigenvalue weighted by molar-refractivity contribution is -0.111. The first-order valence-corrected chi connectivity index (χ1v) is 9.10. The molecule has 4 nitrogen and oxygen atoms in total. The van der Waals surface area contributed by atoms with Gasteiger partial charge in [-0.1, -0.05) is 54.1 Å². The molecule has 0 aliphatic heterocycles. The van der Waals surface area contributed by atoms with Crippen molar-refractivity contribution in [2.75, 3.05) is 12.4 Å². The molecule has 0 unspecified atom stereocenters. The molecule has 0 radical (unpaired) electrons. The summed E-state index contributed by atoms with van der Waals surface area (Å²) in [7, 11) is 1.60. The molecule has 0 aliphatic carbocycles. The Morgan fingerprint density at radius 1 is 1.07 bits per heavy atom. The molecule has 1 atom stereocenters. The summed E-state index contributed by atoms with van der Waals surface area (Å²) in [4.78, 5) is 12.4. The van der Waals surface area contributed by atoms with Crippen LogP contribution in [0.2, 0.25) is 5.02 Å². The second-order valence-electron chi connectivity index (χ2n) is 6.14. The quantitative estimate of drug-likeness (QED) is 0.574. The minimum Gasteiger partial charge on any atom is -0.497 e. The topological polar surface area (TPSA) is 58.6 Å². The van der Waals surface area contributed by atoms with Crippen LogP contribution in [0.25, 0.3) is 6.08 Å². The van der Waals surface area contributed by atoms with Crippen molar-refractivity contribution in [3.8, 4) is 5.75 Å². The number of ether oxygens (including phenoxy) is 1. The number of aliphatic hydroxyl groups excluding tert-OH is 1. The van der Waals surface area contributed by atoms with Crippen molar-refractivity contribution in [3.05, 3.63) is 101 Å². The van der Waals surface area contributed by atoms with E-state index in [9.17, 15) is 9.90 Å². The van der Waals surface area contributed by atoms with Gasteiger partial charge in [-0.25, -0.2) is 0 Å². The second kappa shape index (κ2) is 9.22. The fourth-order valence-electron chi connectivity index (χ4n) is 2.75. The van der Waals surface area contributed by atoms with Gasteiger partial charge in [0.1, 0.15) is 11.9 Å². The lowest BCUT2D eigenvalue weighted by atomic mass is 10.00. The molecule has 5 heteroatoms. The largest absolute Gasteiger partial charge is 0.497 e. The third-order valence-corrected chi connectivity index (χ3v) is 4.46. The zero-order valence-electron chi connectivity index (χ0n) is 15.3. The highest BCUT2D eigenvalue weighted by Crippen LogP contribution is 2.31. The van der Waals surface area contributed by atoms with Gasteiger partial charge in [-0.15, -0.1) is 0 Å². The van der Waals surface area contributed by atoms with Crippen LogP contribution in [0.3, 0.4) is 0 Å². The number of nitrogens with one attached hydrogen (secondary N) is 1. The van der Waals surface area contributed by atoms with E-state index in [1.165, 1.54) is 6.08 Å². The Labute approximate surface area is 169 Å². The molecule has 0 saturated heterocycles. The van der Waals surface area contributed by atoms with Crippen LogP contribution in [0.4, 0.5) is 5.69 Å². The Morgan fingerprint density at radius 3 is 2.46 bits per heavy atom. The van der Waals surface area contributed by atoms with Crippen molar-refractivity contribution in [1.29, 1.82) is 0 Å². The fraction of sp³-hybridized carbons (Fsp3) is 0.0870. The summed E-state index contributed by atoms with van der Waals surface area (Å²) in [5.41, 5.74) is 2.63. The monoisotopic (exact) mass is 393 g/mol. The summed E-state index contributed by atoms with van der Waals surface area (Å²) in [5, 5.41) is 14.0. The third kappa shape index (κ3) is 5.00. The number of anilines is 1. The van der Waals surface area contributed by atoms with Crippen molar-refractivity contribution >= 4 is 29.3 Å². The van der Waals surface area contributed by atoms with Crippen molar-refractivity contribution in [2.24, 2.45) is 0 Å². The SMILES string of the molecule is COc1ccc(/C=C/C(=O)Nc2ccc(Cl)cc2[C@@H](O)c2ccccc2)cc1. The highest BCUT2D eigenvalue weighted by atomic mass is 35.5. The van der Waals surface area contributed by atoms with E-state index in [1.807, 2.05) is 54.6 Å². The predicted molar refractivity (Wildman–Crippen MR) is 113 cm³/mol. The molecular weight excluding hydrogens is 374 g/mol. The molecular formula is C23H20ClNO3. The normalized spacial score (nSPS) is 12.0. The minimum absolute atomic E-state index is 0.306. The number of rotatable bonds is 6. The maximum absolute atomic E-state index is 12.4. The first-order chi connectivity index (χ1) is 13.6. The average molecular weight is 394 g/mol. The number of benzene rings is 3. The van der Waals surface area contributed by atoms with Gasteiger partial charge in [-0.3, -0.25) is 4.79 Å². The zero-order valence-corrected chi connectivity index (χ0v) is 16.1. The molecule has 0 saturated carbocycles. The van der Waals surface area contributed by atoms with Gasteiger partial charge in [0.15, 0.2) is 0 Å². The number of aliphatic hydroxyl groups is 1. The van der Waals surface area contributed by atoms with E-state index in [0.717, 1.165) is 11.3 Å². The van der Waals surface area contributed by atoms with E-state index < -0.39 is 6.10 Å². The Bertz CT molecular complexity index is 969. The fourth-order valence-corrected chi connectivity index (χ4v) is 2.93. The van der Waals surface area contributed by atoms with Crippen molar-refractivity contribution in [2.45, 2.75) is 6.10 Å². The van der Waals surface area contributed by atoms with E-state index in [1.54, 1.807) is 31.4 Å². The van der Waals surface area contributed by atoms with Crippen molar-refractivity contribution in [1.82, 2.24) is 0 Å². The molecule has 0 aliphatic rings. The van der Waals surface area contributed by atoms with E-state index in [0.29, 0.717) is 21.8 Å². The van der Waals surface area contributed by atoms with Gasteiger partial charge in [-0.2, -0.15) is 0 Å². The van der Waals surface area contributed by atoms with Gasteiger partial charge in [0.25, 0.3) is 0 Å². The van der Waals surface area contributed by atoms with Crippen LogP contribution in [-0.2, 0) is 4.79 Å². The summed E-state index contributed by atoms with van der Waals surface area (Å²) >= 11 is 6.10. The first-order valence-electron chi connectivity index (χ1n) is 8.72. The summed E-state index contributed by atoms with van der Waals surface area (Å²) in [5.74, 6) is 0.446. The van der Waals surface area contributed by atoms with Gasteiger partial charge >= 0.3 is 0 Å². The van der Waals surface area contributed by atoms with Gasteiger partial charge < -0.3 is 15.2 Å². The van der Waals surface area contributed by atoms with Gasteiger partial charge in [0, 0.05) is 22.3 Å². The van der Waals surface area contributed by atoms with Crippen LogP contribution in [0.5, 0.6) is 5.75 Å². The van der Waals surface area contributed by atoms with Crippen LogP contribution in [0.15, 0.2) is 78.9 Å². The number of methoxy groups -OCH3 is 1. The molecule has 2 N–H and O–H groups in total. The second-order valence-corrected chi connectivity index (χ2v) is 6.58. The van der Waals surface area contributed by atoms with E-state index in [-0.39, 0.29) is 5.91 Å². The molecule has 3 aromatic carbocycles. The number of carbonyl (C=O) groups is 1. The molecule has 28 heavy (non-hydrogen) atoms. The summed E-state index contributed by atoms with van der Waals surface area (Å²) < 4.78 is 5.12. The molecule has 3 rings (SSSR count). The van der Waals surface area contributed by atoms with E-state index >= 15 is 0 Å². The molecule has 0 aromatic heterocycles. The van der Waals surface area contributed by atoms with Crippen LogP contribution >= 0.6 is 11.6 Å². The Balaban J connectivity index is 1.77. The van der Waals surface area contributed by atoms with Crippen LogP contribution in [0, 0.1) is 0 Å². The molecule has 0 bridgehead atoms. The molecule has 0 fully saturated rings.